The van der Waals surface area contributed by atoms with E-state index in [1.165, 1.54) is 6.07 Å². The van der Waals surface area contributed by atoms with Gasteiger partial charge in [-0.15, -0.1) is 0 Å². The van der Waals surface area contributed by atoms with Crippen molar-refractivity contribution in [3.63, 3.8) is 0 Å². The van der Waals surface area contributed by atoms with Crippen LogP contribution in [0.2, 0.25) is 0 Å². The molecule has 0 aliphatic heterocycles. The van der Waals surface area contributed by atoms with Crippen LogP contribution in [0, 0.1) is 20.8 Å². The average Bonchev–Trinajstić information content (AvgIpc) is 3.17. The van der Waals surface area contributed by atoms with E-state index in [4.69, 9.17) is 0 Å². The maximum atomic E-state index is 12.6. The molecule has 0 aliphatic rings. The number of anilines is 1. The van der Waals surface area contributed by atoms with Crippen LogP contribution in [-0.4, -0.2) is 25.5 Å². The van der Waals surface area contributed by atoms with Crippen molar-refractivity contribution in [1.29, 1.82) is 0 Å². The second kappa shape index (κ2) is 7.07. The van der Waals surface area contributed by atoms with Crippen LogP contribution in [0.3, 0.4) is 0 Å². The van der Waals surface area contributed by atoms with Crippen LogP contribution in [0.15, 0.2) is 36.5 Å². The molecule has 0 atom stereocenters. The summed E-state index contributed by atoms with van der Waals surface area (Å²) in [6.07, 6.45) is 1.07. The highest BCUT2D eigenvalue weighted by Gasteiger charge is 2.18. The van der Waals surface area contributed by atoms with Gasteiger partial charge in [0.1, 0.15) is 0 Å². The van der Waals surface area contributed by atoms with E-state index >= 15 is 0 Å². The number of alkyl halides is 2. The number of halogens is 2. The molecule has 1 amide bonds. The quantitative estimate of drug-likeness (QED) is 0.755. The molecule has 136 valence electrons. The van der Waals surface area contributed by atoms with Crippen molar-refractivity contribution in [1.82, 2.24) is 19.6 Å². The van der Waals surface area contributed by atoms with Gasteiger partial charge in [-0.1, -0.05) is 29.8 Å². The number of rotatable bonds is 5. The molecule has 0 radical (unpaired) electrons. The van der Waals surface area contributed by atoms with Gasteiger partial charge in [-0.3, -0.25) is 9.48 Å². The summed E-state index contributed by atoms with van der Waals surface area (Å²) < 4.78 is 27.4. The molecule has 6 nitrogen and oxygen atoms in total. The zero-order chi connectivity index (χ0) is 18.8. The van der Waals surface area contributed by atoms with Crippen molar-refractivity contribution >= 4 is 11.6 Å². The first kappa shape index (κ1) is 17.8. The third kappa shape index (κ3) is 3.63. The Morgan fingerprint density at radius 3 is 2.62 bits per heavy atom. The highest BCUT2D eigenvalue weighted by molar-refractivity contribution is 6.03. The fraction of sp³-hybridized carbons (Fsp3) is 0.278. The molecule has 0 saturated heterocycles. The van der Waals surface area contributed by atoms with Gasteiger partial charge in [0.25, 0.3) is 5.91 Å². The number of benzene rings is 1. The van der Waals surface area contributed by atoms with Crippen LogP contribution >= 0.6 is 0 Å². The number of aromatic nitrogens is 4. The molecule has 0 saturated carbocycles. The lowest BCUT2D eigenvalue weighted by molar-refractivity contribution is 0.0561. The minimum absolute atomic E-state index is 0.0736. The van der Waals surface area contributed by atoms with Crippen molar-refractivity contribution in [3.8, 4) is 0 Å². The number of carbonyl (C=O) groups excluding carboxylic acids is 1. The maximum absolute atomic E-state index is 12.6. The lowest BCUT2D eigenvalue weighted by Gasteiger charge is -2.07. The van der Waals surface area contributed by atoms with E-state index in [1.807, 2.05) is 32.0 Å². The summed E-state index contributed by atoms with van der Waals surface area (Å²) in [6, 6.07) is 9.35. The summed E-state index contributed by atoms with van der Waals surface area (Å²) in [6.45, 7) is 3.45. The van der Waals surface area contributed by atoms with Crippen molar-refractivity contribution in [2.24, 2.45) is 0 Å². The Labute approximate surface area is 149 Å². The molecule has 3 aromatic rings. The SMILES string of the molecule is Cc1cccc(Cn2nc(C)c(NC(=O)c3ccn(C(F)F)n3)c2C)c1. The van der Waals surface area contributed by atoms with Gasteiger partial charge in [0, 0.05) is 6.20 Å². The van der Waals surface area contributed by atoms with E-state index < -0.39 is 12.5 Å². The maximum Gasteiger partial charge on any atom is 0.333 e. The van der Waals surface area contributed by atoms with E-state index in [0.717, 1.165) is 23.0 Å². The lowest BCUT2D eigenvalue weighted by Crippen LogP contribution is -2.15. The molecule has 0 aliphatic carbocycles. The zero-order valence-electron chi connectivity index (χ0n) is 14.7. The first-order chi connectivity index (χ1) is 12.3. The number of nitrogens with one attached hydrogen (secondary N) is 1. The number of hydrogen-bond donors (Lipinski definition) is 1. The Kier molecular flexibility index (Phi) is 4.83. The lowest BCUT2D eigenvalue weighted by atomic mass is 10.1. The molecular weight excluding hydrogens is 340 g/mol. The monoisotopic (exact) mass is 359 g/mol. The van der Waals surface area contributed by atoms with E-state index in [0.29, 0.717) is 22.6 Å². The Balaban J connectivity index is 1.80. The summed E-state index contributed by atoms with van der Waals surface area (Å²) >= 11 is 0. The van der Waals surface area contributed by atoms with Gasteiger partial charge in [-0.25, -0.2) is 4.68 Å². The van der Waals surface area contributed by atoms with Crippen LogP contribution in [0.25, 0.3) is 0 Å². The highest BCUT2D eigenvalue weighted by Crippen LogP contribution is 2.21. The smallest absolute Gasteiger partial charge is 0.317 e. The van der Waals surface area contributed by atoms with E-state index in [2.05, 4.69) is 21.6 Å². The molecule has 1 aromatic carbocycles. The summed E-state index contributed by atoms with van der Waals surface area (Å²) in [4.78, 5) is 12.3. The zero-order valence-corrected chi connectivity index (χ0v) is 14.7. The van der Waals surface area contributed by atoms with Crippen molar-refractivity contribution < 1.29 is 13.6 Å². The molecule has 2 heterocycles. The van der Waals surface area contributed by atoms with Crippen LogP contribution in [0.4, 0.5) is 14.5 Å². The fourth-order valence-electron chi connectivity index (χ4n) is 2.76. The summed E-state index contributed by atoms with van der Waals surface area (Å²) in [5, 5.41) is 10.8. The number of aryl methyl sites for hydroxylation is 2. The Morgan fingerprint density at radius 2 is 1.96 bits per heavy atom. The highest BCUT2D eigenvalue weighted by atomic mass is 19.3. The van der Waals surface area contributed by atoms with Crippen molar-refractivity contribution in [2.45, 2.75) is 33.9 Å². The van der Waals surface area contributed by atoms with E-state index in [1.54, 1.807) is 11.6 Å². The van der Waals surface area contributed by atoms with Gasteiger partial charge in [0.05, 0.1) is 23.6 Å². The van der Waals surface area contributed by atoms with Crippen LogP contribution in [-0.2, 0) is 6.54 Å². The minimum atomic E-state index is -2.78. The molecule has 0 bridgehead atoms. The topological polar surface area (TPSA) is 64.7 Å². The number of nitrogens with zero attached hydrogens (tertiary/aromatic N) is 4. The van der Waals surface area contributed by atoms with Crippen LogP contribution in [0.1, 0.15) is 39.6 Å². The minimum Gasteiger partial charge on any atom is -0.317 e. The van der Waals surface area contributed by atoms with Gasteiger partial charge in [0.2, 0.25) is 0 Å². The van der Waals surface area contributed by atoms with Crippen LogP contribution in [0.5, 0.6) is 0 Å². The molecule has 0 unspecified atom stereocenters. The third-order valence-electron chi connectivity index (χ3n) is 4.08. The van der Waals surface area contributed by atoms with Gasteiger partial charge in [0.15, 0.2) is 5.69 Å². The predicted octanol–water partition coefficient (Wildman–Crippen LogP) is 3.70. The first-order valence-electron chi connectivity index (χ1n) is 8.09. The largest absolute Gasteiger partial charge is 0.333 e. The number of carbonyl (C=O) groups is 1. The molecule has 0 spiro atoms. The first-order valence-corrected chi connectivity index (χ1v) is 8.09. The Morgan fingerprint density at radius 1 is 1.19 bits per heavy atom. The normalized spacial score (nSPS) is 11.2. The number of hydrogen-bond acceptors (Lipinski definition) is 3. The summed E-state index contributed by atoms with van der Waals surface area (Å²) in [7, 11) is 0. The van der Waals surface area contributed by atoms with Crippen LogP contribution < -0.4 is 5.32 Å². The third-order valence-corrected chi connectivity index (χ3v) is 4.08. The second-order valence-corrected chi connectivity index (χ2v) is 6.11. The second-order valence-electron chi connectivity index (χ2n) is 6.11. The summed E-state index contributed by atoms with van der Waals surface area (Å²) in [5.41, 5.74) is 4.18. The Hall–Kier alpha value is -3.03. The molecule has 3 rings (SSSR count). The molecule has 0 fully saturated rings. The average molecular weight is 359 g/mol. The molecule has 26 heavy (non-hydrogen) atoms. The molecular formula is C18H19F2N5O. The standard InChI is InChI=1S/C18H19F2N5O/c1-11-5-4-6-14(9-11)10-25-13(3)16(12(2)22-25)21-17(26)15-7-8-24(23-15)18(19)20/h4-9,18H,10H2,1-3H3,(H,21,26). The molecule has 2 aromatic heterocycles. The molecule has 8 heteroatoms. The number of amides is 1. The van der Waals surface area contributed by atoms with Gasteiger partial charge in [-0.2, -0.15) is 19.0 Å². The van der Waals surface area contributed by atoms with Gasteiger partial charge in [-0.05, 0) is 32.4 Å². The van der Waals surface area contributed by atoms with E-state index in [9.17, 15) is 13.6 Å². The predicted molar refractivity (Wildman–Crippen MR) is 93.4 cm³/mol. The summed E-state index contributed by atoms with van der Waals surface area (Å²) in [5.74, 6) is -0.550. The van der Waals surface area contributed by atoms with Gasteiger partial charge < -0.3 is 5.32 Å². The van der Waals surface area contributed by atoms with Crippen molar-refractivity contribution in [3.05, 3.63) is 64.7 Å². The Bertz CT molecular complexity index is 945. The van der Waals surface area contributed by atoms with Gasteiger partial charge >= 0.3 is 6.55 Å². The molecule has 1 N–H and O–H groups in total. The fourth-order valence-corrected chi connectivity index (χ4v) is 2.76. The van der Waals surface area contributed by atoms with Crippen molar-refractivity contribution in [2.75, 3.05) is 5.32 Å². The van der Waals surface area contributed by atoms with E-state index in [-0.39, 0.29) is 5.69 Å².